The Morgan fingerprint density at radius 1 is 1.33 bits per heavy atom. The van der Waals surface area contributed by atoms with Crippen molar-refractivity contribution in [1.82, 2.24) is 0 Å². The van der Waals surface area contributed by atoms with Gasteiger partial charge in [-0.2, -0.15) is 0 Å². The Labute approximate surface area is 98.9 Å². The minimum Gasteiger partial charge on any atom is -0.379 e. The molecule has 0 spiro atoms. The van der Waals surface area contributed by atoms with Crippen LogP contribution < -0.4 is 5.73 Å². The monoisotopic (exact) mass is 269 g/mol. The van der Waals surface area contributed by atoms with Gasteiger partial charge in [-0.25, -0.2) is 0 Å². The van der Waals surface area contributed by atoms with E-state index in [4.69, 9.17) is 10.5 Å². The van der Waals surface area contributed by atoms with Crippen molar-refractivity contribution < 1.29 is 4.74 Å². The highest BCUT2D eigenvalue weighted by Crippen LogP contribution is 2.40. The van der Waals surface area contributed by atoms with Crippen molar-refractivity contribution in [2.24, 2.45) is 5.73 Å². The number of nitrogens with two attached hydrogens (primary N) is 1. The van der Waals surface area contributed by atoms with Gasteiger partial charge in [0.25, 0.3) is 0 Å². The molecule has 0 aromatic heterocycles. The average Bonchev–Trinajstić information content (AvgIpc) is 2.19. The second-order valence-corrected chi connectivity index (χ2v) is 5.00. The van der Waals surface area contributed by atoms with Crippen molar-refractivity contribution in [2.75, 3.05) is 19.8 Å². The van der Waals surface area contributed by atoms with Crippen LogP contribution in [-0.4, -0.2) is 19.8 Å². The molecular weight excluding hydrogens is 254 g/mol. The highest BCUT2D eigenvalue weighted by atomic mass is 79.9. The van der Waals surface area contributed by atoms with Gasteiger partial charge in [0, 0.05) is 9.89 Å². The predicted octanol–water partition coefficient (Wildman–Crippen LogP) is 2.46. The molecule has 1 heterocycles. The van der Waals surface area contributed by atoms with Gasteiger partial charge in [-0.05, 0) is 31.0 Å². The Bertz CT molecular complexity index is 336. The van der Waals surface area contributed by atoms with Gasteiger partial charge in [0.2, 0.25) is 0 Å². The van der Waals surface area contributed by atoms with E-state index in [9.17, 15) is 0 Å². The number of benzene rings is 1. The van der Waals surface area contributed by atoms with Gasteiger partial charge in [0.1, 0.15) is 0 Å². The maximum absolute atomic E-state index is 5.58. The summed E-state index contributed by atoms with van der Waals surface area (Å²) in [5.41, 5.74) is 7.15. The van der Waals surface area contributed by atoms with E-state index in [1.165, 1.54) is 10.0 Å². The van der Waals surface area contributed by atoms with Crippen LogP contribution in [0.4, 0.5) is 0 Å². The van der Waals surface area contributed by atoms with Crippen LogP contribution in [0.5, 0.6) is 0 Å². The van der Waals surface area contributed by atoms with Crippen molar-refractivity contribution >= 4 is 15.9 Å². The second kappa shape index (κ2) is 4.64. The molecule has 0 amide bonds. The fraction of sp³-hybridized carbons (Fsp3) is 0.500. The molecule has 0 radical (unpaired) electrons. The van der Waals surface area contributed by atoms with Gasteiger partial charge >= 0.3 is 0 Å². The lowest BCUT2D eigenvalue weighted by molar-refractivity contribution is -0.0652. The standard InChI is InChI=1S/C12H16BrNO/c13-11-5-2-1-4-10(11)12(6-3-7-14)8-15-9-12/h1-2,4-5H,3,6-9,14H2. The first kappa shape index (κ1) is 11.1. The van der Waals surface area contributed by atoms with Crippen LogP contribution in [-0.2, 0) is 10.2 Å². The van der Waals surface area contributed by atoms with E-state index < -0.39 is 0 Å². The van der Waals surface area contributed by atoms with Crippen LogP contribution in [0.15, 0.2) is 28.7 Å². The molecule has 1 aromatic carbocycles. The van der Waals surface area contributed by atoms with Crippen molar-refractivity contribution in [1.29, 1.82) is 0 Å². The minimum absolute atomic E-state index is 0.208. The van der Waals surface area contributed by atoms with Crippen LogP contribution in [0.25, 0.3) is 0 Å². The summed E-state index contributed by atoms with van der Waals surface area (Å²) in [5, 5.41) is 0. The number of ether oxygens (including phenoxy) is 1. The first-order valence-electron chi connectivity index (χ1n) is 5.31. The summed E-state index contributed by atoms with van der Waals surface area (Å²) >= 11 is 3.61. The molecule has 82 valence electrons. The fourth-order valence-corrected chi connectivity index (χ4v) is 2.82. The molecule has 1 aromatic rings. The molecule has 2 N–H and O–H groups in total. The molecule has 15 heavy (non-hydrogen) atoms. The topological polar surface area (TPSA) is 35.2 Å². The van der Waals surface area contributed by atoms with Crippen molar-refractivity contribution in [3.8, 4) is 0 Å². The highest BCUT2D eigenvalue weighted by molar-refractivity contribution is 9.10. The third-order valence-corrected chi connectivity index (χ3v) is 3.75. The second-order valence-electron chi connectivity index (χ2n) is 4.15. The van der Waals surface area contributed by atoms with E-state index in [0.29, 0.717) is 0 Å². The van der Waals surface area contributed by atoms with Crippen LogP contribution in [0.1, 0.15) is 18.4 Å². The first-order chi connectivity index (χ1) is 7.28. The third kappa shape index (κ3) is 2.10. The number of hydrogen-bond donors (Lipinski definition) is 1. The molecular formula is C12H16BrNO. The van der Waals surface area contributed by atoms with Crippen LogP contribution in [0.2, 0.25) is 0 Å². The molecule has 2 rings (SSSR count). The molecule has 0 saturated carbocycles. The van der Waals surface area contributed by atoms with Gasteiger partial charge < -0.3 is 10.5 Å². The molecule has 0 bridgehead atoms. The Kier molecular flexibility index (Phi) is 3.44. The van der Waals surface area contributed by atoms with Crippen molar-refractivity contribution in [3.05, 3.63) is 34.3 Å². The maximum Gasteiger partial charge on any atom is 0.0586 e. The Hall–Kier alpha value is -0.380. The van der Waals surface area contributed by atoms with Gasteiger partial charge in [0.15, 0.2) is 0 Å². The molecule has 2 nitrogen and oxygen atoms in total. The largest absolute Gasteiger partial charge is 0.379 e. The predicted molar refractivity (Wildman–Crippen MR) is 64.9 cm³/mol. The minimum atomic E-state index is 0.208. The molecule has 0 atom stereocenters. The number of halogens is 1. The van der Waals surface area contributed by atoms with Crippen LogP contribution >= 0.6 is 15.9 Å². The zero-order chi connectivity index (χ0) is 10.7. The molecule has 0 unspecified atom stereocenters. The normalized spacial score (nSPS) is 18.5. The van der Waals surface area contributed by atoms with Crippen LogP contribution in [0, 0.1) is 0 Å². The zero-order valence-electron chi connectivity index (χ0n) is 8.71. The van der Waals surface area contributed by atoms with E-state index in [1.54, 1.807) is 0 Å². The van der Waals surface area contributed by atoms with E-state index >= 15 is 0 Å². The summed E-state index contributed by atoms with van der Waals surface area (Å²) in [6.07, 6.45) is 2.18. The Morgan fingerprint density at radius 2 is 2.07 bits per heavy atom. The molecule has 1 saturated heterocycles. The lowest BCUT2D eigenvalue weighted by Gasteiger charge is -2.42. The molecule has 3 heteroatoms. The summed E-state index contributed by atoms with van der Waals surface area (Å²) in [4.78, 5) is 0. The molecule has 1 aliphatic heterocycles. The van der Waals surface area contributed by atoms with E-state index in [2.05, 4.69) is 34.1 Å². The molecule has 1 fully saturated rings. The Morgan fingerprint density at radius 3 is 2.60 bits per heavy atom. The van der Waals surface area contributed by atoms with Crippen LogP contribution in [0.3, 0.4) is 0 Å². The lowest BCUT2D eigenvalue weighted by Crippen LogP contribution is -2.47. The third-order valence-electron chi connectivity index (χ3n) is 3.06. The number of hydrogen-bond acceptors (Lipinski definition) is 2. The smallest absolute Gasteiger partial charge is 0.0586 e. The lowest BCUT2D eigenvalue weighted by atomic mass is 9.75. The van der Waals surface area contributed by atoms with E-state index in [1.807, 2.05) is 6.07 Å². The first-order valence-corrected chi connectivity index (χ1v) is 6.11. The SMILES string of the molecule is NCCCC1(c2ccccc2Br)COC1. The van der Waals surface area contributed by atoms with Crippen molar-refractivity contribution in [2.45, 2.75) is 18.3 Å². The van der Waals surface area contributed by atoms with Gasteiger partial charge in [0.05, 0.1) is 13.2 Å². The molecule has 0 aliphatic carbocycles. The average molecular weight is 270 g/mol. The fourth-order valence-electron chi connectivity index (χ4n) is 2.11. The number of rotatable bonds is 4. The summed E-state index contributed by atoms with van der Waals surface area (Å²) in [6, 6.07) is 8.41. The van der Waals surface area contributed by atoms with E-state index in [-0.39, 0.29) is 5.41 Å². The maximum atomic E-state index is 5.58. The summed E-state index contributed by atoms with van der Waals surface area (Å²) in [6.45, 7) is 2.41. The van der Waals surface area contributed by atoms with Gasteiger partial charge in [-0.3, -0.25) is 0 Å². The summed E-state index contributed by atoms with van der Waals surface area (Å²) in [7, 11) is 0. The zero-order valence-corrected chi connectivity index (χ0v) is 10.3. The highest BCUT2D eigenvalue weighted by Gasteiger charge is 2.40. The van der Waals surface area contributed by atoms with Gasteiger partial charge in [-0.15, -0.1) is 0 Å². The van der Waals surface area contributed by atoms with E-state index in [0.717, 1.165) is 32.6 Å². The quantitative estimate of drug-likeness (QED) is 0.912. The summed E-state index contributed by atoms with van der Waals surface area (Å²) in [5.74, 6) is 0. The summed E-state index contributed by atoms with van der Waals surface area (Å²) < 4.78 is 6.57. The van der Waals surface area contributed by atoms with Gasteiger partial charge in [-0.1, -0.05) is 34.1 Å². The molecule has 1 aliphatic rings. The Balaban J connectivity index is 2.22. The van der Waals surface area contributed by atoms with Crippen molar-refractivity contribution in [3.63, 3.8) is 0 Å².